The van der Waals surface area contributed by atoms with Crippen molar-refractivity contribution in [1.82, 2.24) is 4.98 Å². The number of anilines is 2. The molecule has 1 atom stereocenters. The summed E-state index contributed by atoms with van der Waals surface area (Å²) in [6.45, 7) is 1.44. The topological polar surface area (TPSA) is 67.5 Å². The van der Waals surface area contributed by atoms with Crippen molar-refractivity contribution in [3.8, 4) is 0 Å². The van der Waals surface area contributed by atoms with Gasteiger partial charge in [0.1, 0.15) is 18.7 Å². The maximum atomic E-state index is 11.8. The number of hydrogen-bond donors (Lipinski definition) is 3. The Morgan fingerprint density at radius 2 is 1.92 bits per heavy atom. The van der Waals surface area contributed by atoms with Gasteiger partial charge in [-0.1, -0.05) is 12.1 Å². The maximum absolute atomic E-state index is 11.8. The first-order valence-electron chi connectivity index (χ1n) is 8.43. The summed E-state index contributed by atoms with van der Waals surface area (Å²) in [5, 5.41) is 7.65. The number of benzene rings is 1. The molecule has 1 aromatic heterocycles. The van der Waals surface area contributed by atoms with E-state index in [9.17, 15) is 4.39 Å². The van der Waals surface area contributed by atoms with Gasteiger partial charge in [0, 0.05) is 29.2 Å². The average molecular weight is 349 g/mol. The fourth-order valence-electron chi connectivity index (χ4n) is 2.74. The third kappa shape index (κ3) is 4.50. The molecule has 3 rings (SSSR count). The first kappa shape index (κ1) is 17.7. The number of hydrogen-bond acceptors (Lipinski definition) is 5. The zero-order valence-electron chi connectivity index (χ0n) is 14.3. The van der Waals surface area contributed by atoms with Crippen LogP contribution in [0.15, 0.2) is 24.3 Å². The molecule has 1 aromatic carbocycles. The summed E-state index contributed by atoms with van der Waals surface area (Å²) in [6.07, 6.45) is 3.86. The Morgan fingerprint density at radius 3 is 2.72 bits per heavy atom. The highest BCUT2D eigenvalue weighted by molar-refractivity contribution is 5.97. The van der Waals surface area contributed by atoms with Gasteiger partial charge in [0.15, 0.2) is 0 Å². The van der Waals surface area contributed by atoms with E-state index in [2.05, 4.69) is 39.9 Å². The van der Waals surface area contributed by atoms with Crippen molar-refractivity contribution in [2.75, 3.05) is 57.4 Å². The summed E-state index contributed by atoms with van der Waals surface area (Å²) in [4.78, 5) is 3.39. The summed E-state index contributed by atoms with van der Waals surface area (Å²) in [5.74, 6) is 0.955. The number of rotatable bonds is 10. The van der Waals surface area contributed by atoms with Gasteiger partial charge in [-0.05, 0) is 18.2 Å². The Bertz CT molecular complexity index is 717. The van der Waals surface area contributed by atoms with Crippen LogP contribution in [0.3, 0.4) is 0 Å². The highest BCUT2D eigenvalue weighted by Crippen LogP contribution is 2.32. The number of aromatic amines is 1. The van der Waals surface area contributed by atoms with Gasteiger partial charge in [-0.3, -0.25) is 0 Å². The van der Waals surface area contributed by atoms with Crippen LogP contribution in [0.25, 0.3) is 17.0 Å². The van der Waals surface area contributed by atoms with Crippen LogP contribution in [-0.4, -0.2) is 58.0 Å². The molecule has 1 aliphatic rings. The molecule has 0 radical (unpaired) electrons. The van der Waals surface area contributed by atoms with Crippen molar-refractivity contribution in [3.05, 3.63) is 29.8 Å². The van der Waals surface area contributed by atoms with E-state index in [-0.39, 0.29) is 12.8 Å². The lowest BCUT2D eigenvalue weighted by molar-refractivity contribution is 0.00449. The van der Waals surface area contributed by atoms with E-state index in [1.807, 2.05) is 13.1 Å². The highest BCUT2D eigenvalue weighted by atomic mass is 19.1. The molecule has 1 unspecified atom stereocenters. The molecule has 1 aliphatic heterocycles. The van der Waals surface area contributed by atoms with E-state index in [0.29, 0.717) is 26.4 Å². The zero-order valence-corrected chi connectivity index (χ0v) is 14.3. The minimum atomic E-state index is -0.463. The molecule has 0 spiro atoms. The number of ether oxygens (including phenoxy) is 3. The van der Waals surface area contributed by atoms with Crippen LogP contribution < -0.4 is 10.6 Å². The third-order valence-electron chi connectivity index (χ3n) is 3.97. The Labute approximate surface area is 146 Å². The summed E-state index contributed by atoms with van der Waals surface area (Å²) in [5.41, 5.74) is 3.28. The minimum absolute atomic E-state index is 0.124. The fourth-order valence-corrected chi connectivity index (χ4v) is 2.74. The molecule has 3 N–H and O–H groups in total. The smallest absolute Gasteiger partial charge is 0.148 e. The predicted molar refractivity (Wildman–Crippen MR) is 97.9 cm³/mol. The van der Waals surface area contributed by atoms with Gasteiger partial charge in [0.2, 0.25) is 0 Å². The minimum Gasteiger partial charge on any atom is -0.388 e. The molecule has 2 aromatic rings. The number of alkyl halides is 1. The van der Waals surface area contributed by atoms with Gasteiger partial charge in [-0.25, -0.2) is 4.39 Å². The lowest BCUT2D eigenvalue weighted by Crippen LogP contribution is -2.25. The number of H-pyrrole nitrogens is 1. The van der Waals surface area contributed by atoms with Crippen molar-refractivity contribution < 1.29 is 18.6 Å². The molecular weight excluding hydrogens is 325 g/mol. The van der Waals surface area contributed by atoms with E-state index < -0.39 is 6.67 Å². The van der Waals surface area contributed by atoms with Gasteiger partial charge >= 0.3 is 0 Å². The van der Waals surface area contributed by atoms with Gasteiger partial charge in [0.25, 0.3) is 0 Å². The standard InChI is InChI=1S/C18H24FN3O3/c1-20-13-2-3-14-15-4-5-17(22-18(15)21-16(14)12-13)25-11-10-24-9-8-23-7-6-19/h2-5,12,17,20-22H,6-11H2,1H3. The monoisotopic (exact) mass is 349 g/mol. The molecule has 0 saturated heterocycles. The quantitative estimate of drug-likeness (QED) is 0.576. The first-order valence-corrected chi connectivity index (χ1v) is 8.43. The molecule has 0 fully saturated rings. The van der Waals surface area contributed by atoms with Crippen molar-refractivity contribution >= 4 is 28.5 Å². The van der Waals surface area contributed by atoms with E-state index in [1.54, 1.807) is 0 Å². The van der Waals surface area contributed by atoms with Gasteiger partial charge in [-0.2, -0.15) is 0 Å². The van der Waals surface area contributed by atoms with Crippen molar-refractivity contribution in [3.63, 3.8) is 0 Å². The number of aromatic nitrogens is 1. The lowest BCUT2D eigenvalue weighted by Gasteiger charge is -2.20. The Morgan fingerprint density at radius 1 is 1.12 bits per heavy atom. The van der Waals surface area contributed by atoms with Crippen molar-refractivity contribution in [2.45, 2.75) is 6.23 Å². The van der Waals surface area contributed by atoms with Crippen molar-refractivity contribution in [2.24, 2.45) is 0 Å². The van der Waals surface area contributed by atoms with Crippen LogP contribution in [0, 0.1) is 0 Å². The summed E-state index contributed by atoms with van der Waals surface area (Å²) in [7, 11) is 1.90. The predicted octanol–water partition coefficient (Wildman–Crippen LogP) is 2.99. The van der Waals surface area contributed by atoms with Crippen molar-refractivity contribution in [1.29, 1.82) is 0 Å². The van der Waals surface area contributed by atoms with Crippen LogP contribution >= 0.6 is 0 Å². The molecule has 2 heterocycles. The van der Waals surface area contributed by atoms with E-state index in [0.717, 1.165) is 22.6 Å². The van der Waals surface area contributed by atoms with Crippen LogP contribution in [0.4, 0.5) is 15.9 Å². The normalized spacial score (nSPS) is 16.0. The lowest BCUT2D eigenvalue weighted by atomic mass is 10.1. The Kier molecular flexibility index (Phi) is 6.27. The molecule has 7 heteroatoms. The number of fused-ring (bicyclic) bond motifs is 3. The SMILES string of the molecule is CNc1ccc2c3c([nH]c2c1)NC(OCCOCCOCCF)C=C3. The van der Waals surface area contributed by atoms with Gasteiger partial charge in [0.05, 0.1) is 33.0 Å². The Hall–Kier alpha value is -2.09. The zero-order chi connectivity index (χ0) is 17.5. The van der Waals surface area contributed by atoms with Crippen LogP contribution in [0.1, 0.15) is 5.56 Å². The third-order valence-corrected chi connectivity index (χ3v) is 3.97. The number of nitrogens with one attached hydrogen (secondary N) is 3. The van der Waals surface area contributed by atoms with Gasteiger partial charge < -0.3 is 29.8 Å². The molecule has 0 aliphatic carbocycles. The largest absolute Gasteiger partial charge is 0.388 e. The van der Waals surface area contributed by atoms with E-state index >= 15 is 0 Å². The van der Waals surface area contributed by atoms with Crippen LogP contribution in [0.2, 0.25) is 0 Å². The second-order valence-electron chi connectivity index (χ2n) is 5.63. The maximum Gasteiger partial charge on any atom is 0.148 e. The molecule has 0 saturated carbocycles. The van der Waals surface area contributed by atoms with Gasteiger partial charge in [-0.15, -0.1) is 0 Å². The second-order valence-corrected chi connectivity index (χ2v) is 5.63. The molecule has 136 valence electrons. The Balaban J connectivity index is 1.46. The second kappa shape index (κ2) is 8.84. The molecule has 0 bridgehead atoms. The molecular formula is C18H24FN3O3. The first-order chi connectivity index (χ1) is 12.3. The fraction of sp³-hybridized carbons (Fsp3) is 0.444. The highest BCUT2D eigenvalue weighted by Gasteiger charge is 2.17. The van der Waals surface area contributed by atoms with Crippen LogP contribution in [-0.2, 0) is 14.2 Å². The summed E-state index contributed by atoms with van der Waals surface area (Å²) in [6, 6.07) is 6.24. The number of halogens is 1. The van der Waals surface area contributed by atoms with E-state index in [1.165, 1.54) is 5.39 Å². The molecule has 25 heavy (non-hydrogen) atoms. The molecule has 6 nitrogen and oxygen atoms in total. The summed E-state index contributed by atoms with van der Waals surface area (Å²) < 4.78 is 28.0. The average Bonchev–Trinajstić information content (AvgIpc) is 3.00. The van der Waals surface area contributed by atoms with E-state index in [4.69, 9.17) is 14.2 Å². The molecule has 0 amide bonds. The summed E-state index contributed by atoms with van der Waals surface area (Å²) >= 11 is 0. The van der Waals surface area contributed by atoms with Crippen LogP contribution in [0.5, 0.6) is 0 Å².